The first kappa shape index (κ1) is 20.1. The second kappa shape index (κ2) is 8.76. The van der Waals surface area contributed by atoms with Crippen molar-refractivity contribution in [3.05, 3.63) is 89.8 Å². The number of rotatable bonds is 4. The van der Waals surface area contributed by atoms with Gasteiger partial charge in [0.15, 0.2) is 5.82 Å². The molecule has 0 spiro atoms. The summed E-state index contributed by atoms with van der Waals surface area (Å²) in [7, 11) is 0. The van der Waals surface area contributed by atoms with E-state index in [1.165, 1.54) is 6.07 Å². The predicted octanol–water partition coefficient (Wildman–Crippen LogP) is 3.50. The van der Waals surface area contributed by atoms with Crippen LogP contribution in [0.25, 0.3) is 22.4 Å². The van der Waals surface area contributed by atoms with Crippen molar-refractivity contribution >= 4 is 16.9 Å². The van der Waals surface area contributed by atoms with Crippen molar-refractivity contribution in [1.29, 1.82) is 0 Å². The molecular formula is C23H14F2N8. The van der Waals surface area contributed by atoms with E-state index in [4.69, 9.17) is 0 Å². The van der Waals surface area contributed by atoms with Crippen molar-refractivity contribution in [3.8, 4) is 23.4 Å². The molecule has 10 heteroatoms. The van der Waals surface area contributed by atoms with Crippen LogP contribution in [0.1, 0.15) is 17.0 Å². The van der Waals surface area contributed by atoms with Gasteiger partial charge in [-0.25, -0.2) is 24.3 Å². The normalized spacial score (nSPS) is 10.6. The van der Waals surface area contributed by atoms with Gasteiger partial charge in [0.05, 0.1) is 29.3 Å². The van der Waals surface area contributed by atoms with Crippen molar-refractivity contribution in [2.45, 2.75) is 6.54 Å². The van der Waals surface area contributed by atoms with Gasteiger partial charge in [0.1, 0.15) is 17.2 Å². The minimum atomic E-state index is -0.499. The summed E-state index contributed by atoms with van der Waals surface area (Å²) in [6.45, 7) is 0.331. The molecule has 0 bridgehead atoms. The lowest BCUT2D eigenvalue weighted by atomic mass is 10.1. The number of fused-ring (bicyclic) bond motifs is 1. The molecule has 4 heterocycles. The highest BCUT2D eigenvalue weighted by atomic mass is 19.1. The van der Waals surface area contributed by atoms with Crippen LogP contribution in [0.3, 0.4) is 0 Å². The fourth-order valence-electron chi connectivity index (χ4n) is 2.99. The number of nitrogens with zero attached hydrogens (tertiary/aromatic N) is 6. The van der Waals surface area contributed by atoms with E-state index in [1.807, 2.05) is 0 Å². The van der Waals surface area contributed by atoms with Crippen LogP contribution in [0, 0.1) is 23.6 Å². The van der Waals surface area contributed by atoms with Crippen LogP contribution in [-0.4, -0.2) is 35.1 Å². The number of aromatic amines is 1. The first-order chi connectivity index (χ1) is 16.1. The fraction of sp³-hybridized carbons (Fsp3) is 0.0435. The maximum Gasteiger partial charge on any atom is 0.223 e. The zero-order valence-electron chi connectivity index (χ0n) is 16.9. The van der Waals surface area contributed by atoms with Gasteiger partial charge in [-0.05, 0) is 48.4 Å². The maximum absolute atomic E-state index is 13.7. The van der Waals surface area contributed by atoms with E-state index in [-0.39, 0.29) is 0 Å². The smallest absolute Gasteiger partial charge is 0.223 e. The lowest BCUT2D eigenvalue weighted by molar-refractivity contribution is 0.588. The molecule has 1 aromatic carbocycles. The van der Waals surface area contributed by atoms with Crippen LogP contribution in [0.4, 0.5) is 14.7 Å². The van der Waals surface area contributed by atoms with E-state index >= 15 is 0 Å². The number of benzene rings is 1. The second-order valence-electron chi connectivity index (χ2n) is 6.87. The zero-order valence-corrected chi connectivity index (χ0v) is 16.9. The Bertz CT molecular complexity index is 1500. The van der Waals surface area contributed by atoms with Gasteiger partial charge in [-0.15, -0.1) is 0 Å². The Morgan fingerprint density at radius 3 is 2.70 bits per heavy atom. The number of nitrogens with one attached hydrogen (secondary N) is 2. The fourth-order valence-corrected chi connectivity index (χ4v) is 2.99. The molecule has 33 heavy (non-hydrogen) atoms. The summed E-state index contributed by atoms with van der Waals surface area (Å²) >= 11 is 0. The Labute approximate surface area is 186 Å². The number of pyridine rings is 1. The number of halogens is 2. The van der Waals surface area contributed by atoms with Crippen LogP contribution < -0.4 is 5.32 Å². The Morgan fingerprint density at radius 1 is 0.909 bits per heavy atom. The van der Waals surface area contributed by atoms with Crippen molar-refractivity contribution in [2.24, 2.45) is 0 Å². The molecule has 0 aliphatic rings. The molecule has 160 valence electrons. The monoisotopic (exact) mass is 440 g/mol. The third kappa shape index (κ3) is 4.62. The Hall–Kier alpha value is -4.78. The van der Waals surface area contributed by atoms with Crippen LogP contribution in [0.2, 0.25) is 0 Å². The van der Waals surface area contributed by atoms with E-state index in [2.05, 4.69) is 52.3 Å². The van der Waals surface area contributed by atoms with Gasteiger partial charge in [0, 0.05) is 18.0 Å². The van der Waals surface area contributed by atoms with Gasteiger partial charge in [-0.1, -0.05) is 5.92 Å². The molecule has 0 fully saturated rings. The summed E-state index contributed by atoms with van der Waals surface area (Å²) in [5.74, 6) is 5.77. The molecule has 5 aromatic rings. The Kier molecular flexibility index (Phi) is 5.35. The average Bonchev–Trinajstić information content (AvgIpc) is 3.23. The van der Waals surface area contributed by atoms with Crippen molar-refractivity contribution in [2.75, 3.05) is 5.32 Å². The molecule has 2 N–H and O–H groups in total. The van der Waals surface area contributed by atoms with E-state index < -0.39 is 11.8 Å². The number of anilines is 1. The summed E-state index contributed by atoms with van der Waals surface area (Å²) in [6.07, 6.45) is 4.32. The Balaban J connectivity index is 1.34. The quantitative estimate of drug-likeness (QED) is 0.412. The molecule has 0 aliphatic carbocycles. The topological polar surface area (TPSA) is 105 Å². The highest BCUT2D eigenvalue weighted by molar-refractivity contribution is 5.80. The minimum Gasteiger partial charge on any atom is -0.349 e. The summed E-state index contributed by atoms with van der Waals surface area (Å²) in [5.41, 5.74) is 2.80. The number of hydrogen-bond donors (Lipinski definition) is 2. The standard InChI is InChI=1S/C23H14F2N8/c24-15-3-5-17(28-12-15)13-29-23-27-10-8-20(31-23)22-26-9-7-16(30-22)4-1-14-2-6-19-18(11-14)21(25)33-32-19/h2-3,5-12H,13H2,(H,32,33)(H,27,29,31). The van der Waals surface area contributed by atoms with Gasteiger partial charge < -0.3 is 5.32 Å². The van der Waals surface area contributed by atoms with Crippen LogP contribution in [0.15, 0.2) is 61.1 Å². The largest absolute Gasteiger partial charge is 0.349 e. The molecule has 8 nitrogen and oxygen atoms in total. The van der Waals surface area contributed by atoms with Crippen molar-refractivity contribution < 1.29 is 8.78 Å². The highest BCUT2D eigenvalue weighted by Gasteiger charge is 2.07. The van der Waals surface area contributed by atoms with Gasteiger partial charge in [0.2, 0.25) is 11.9 Å². The zero-order chi connectivity index (χ0) is 22.6. The van der Waals surface area contributed by atoms with Gasteiger partial charge in [-0.3, -0.25) is 10.1 Å². The van der Waals surface area contributed by atoms with Gasteiger partial charge in [0.25, 0.3) is 0 Å². The first-order valence-corrected chi connectivity index (χ1v) is 9.80. The SMILES string of the molecule is Fc1ccc(CNc2nccc(-c3nccc(C#Cc4ccc5n[nH]c(F)c5c4)n3)n2)nc1. The lowest BCUT2D eigenvalue weighted by Gasteiger charge is -2.06. The summed E-state index contributed by atoms with van der Waals surface area (Å²) < 4.78 is 26.7. The summed E-state index contributed by atoms with van der Waals surface area (Å²) in [5, 5.41) is 9.58. The maximum atomic E-state index is 13.7. The lowest BCUT2D eigenvalue weighted by Crippen LogP contribution is -2.06. The van der Waals surface area contributed by atoms with Crippen molar-refractivity contribution in [3.63, 3.8) is 0 Å². The van der Waals surface area contributed by atoms with Gasteiger partial charge >= 0.3 is 0 Å². The molecule has 0 saturated heterocycles. The predicted molar refractivity (Wildman–Crippen MR) is 117 cm³/mol. The van der Waals surface area contributed by atoms with Crippen LogP contribution >= 0.6 is 0 Å². The first-order valence-electron chi connectivity index (χ1n) is 9.80. The molecule has 0 radical (unpaired) electrons. The molecule has 0 atom stereocenters. The molecule has 0 saturated carbocycles. The van der Waals surface area contributed by atoms with Crippen molar-refractivity contribution in [1.82, 2.24) is 35.1 Å². The molecule has 4 aromatic heterocycles. The molecular weight excluding hydrogens is 426 g/mol. The Morgan fingerprint density at radius 2 is 1.82 bits per heavy atom. The highest BCUT2D eigenvalue weighted by Crippen LogP contribution is 2.16. The van der Waals surface area contributed by atoms with E-state index in [9.17, 15) is 8.78 Å². The molecule has 5 rings (SSSR count). The third-order valence-electron chi connectivity index (χ3n) is 4.60. The van der Waals surface area contributed by atoms with E-state index in [1.54, 1.807) is 48.8 Å². The van der Waals surface area contributed by atoms with E-state index in [0.717, 1.165) is 6.20 Å². The molecule has 0 aliphatic heterocycles. The van der Waals surface area contributed by atoms with E-state index in [0.29, 0.717) is 51.9 Å². The van der Waals surface area contributed by atoms with Gasteiger partial charge in [-0.2, -0.15) is 9.49 Å². The third-order valence-corrected chi connectivity index (χ3v) is 4.60. The average molecular weight is 440 g/mol. The second-order valence-corrected chi connectivity index (χ2v) is 6.87. The summed E-state index contributed by atoms with van der Waals surface area (Å²) in [4.78, 5) is 21.3. The van der Waals surface area contributed by atoms with Crippen LogP contribution in [0.5, 0.6) is 0 Å². The number of hydrogen-bond acceptors (Lipinski definition) is 7. The minimum absolute atomic E-state index is 0.331. The summed E-state index contributed by atoms with van der Waals surface area (Å²) in [6, 6.07) is 11.4. The number of aromatic nitrogens is 7. The molecule has 0 unspecified atom stereocenters. The number of H-pyrrole nitrogens is 1. The molecule has 0 amide bonds. The van der Waals surface area contributed by atoms with Crippen LogP contribution in [-0.2, 0) is 6.54 Å².